The molecule has 5 N–H and O–H groups in total. The van der Waals surface area contributed by atoms with Gasteiger partial charge in [-0.1, -0.05) is 12.2 Å². The van der Waals surface area contributed by atoms with E-state index in [0.29, 0.717) is 6.42 Å². The van der Waals surface area contributed by atoms with Crippen LogP contribution in [0, 0.1) is 5.92 Å². The van der Waals surface area contributed by atoms with Crippen LogP contribution in [0.1, 0.15) is 6.42 Å². The highest BCUT2D eigenvalue weighted by Gasteiger charge is 2.23. The van der Waals surface area contributed by atoms with Gasteiger partial charge in [-0.3, -0.25) is 4.79 Å². The topological polar surface area (TPSA) is 113 Å². The lowest BCUT2D eigenvalue weighted by Crippen LogP contribution is -2.39. The number of carboxylic acids is 1. The summed E-state index contributed by atoms with van der Waals surface area (Å²) >= 11 is 0. The van der Waals surface area contributed by atoms with Crippen LogP contribution < -0.4 is 11.1 Å². The fraction of sp³-hybridized carbons (Fsp3) is 0.556. The minimum absolute atomic E-state index is 0.120. The first-order chi connectivity index (χ1) is 7.00. The summed E-state index contributed by atoms with van der Waals surface area (Å²) in [7, 11) is 0. The number of carbonyl (C=O) groups excluding carboxylic acids is 1. The number of aliphatic hydroxyl groups is 1. The summed E-state index contributed by atoms with van der Waals surface area (Å²) in [6, 6.07) is -0.120. The van der Waals surface area contributed by atoms with E-state index in [4.69, 9.17) is 15.9 Å². The first kappa shape index (κ1) is 11.7. The minimum atomic E-state index is -1.56. The molecule has 0 saturated carbocycles. The Morgan fingerprint density at radius 3 is 2.67 bits per heavy atom. The summed E-state index contributed by atoms with van der Waals surface area (Å²) in [4.78, 5) is 21.6. The zero-order chi connectivity index (χ0) is 11.4. The zero-order valence-electron chi connectivity index (χ0n) is 8.09. The molecule has 84 valence electrons. The van der Waals surface area contributed by atoms with Gasteiger partial charge < -0.3 is 21.3 Å². The van der Waals surface area contributed by atoms with Gasteiger partial charge in [0.25, 0.3) is 0 Å². The number of hydrogen-bond acceptors (Lipinski definition) is 4. The summed E-state index contributed by atoms with van der Waals surface area (Å²) < 4.78 is 0. The fourth-order valence-electron chi connectivity index (χ4n) is 1.34. The molecule has 1 amide bonds. The third-order valence-electron chi connectivity index (χ3n) is 2.21. The van der Waals surface area contributed by atoms with Crippen molar-refractivity contribution in [2.45, 2.75) is 18.6 Å². The molecular weight excluding hydrogens is 200 g/mol. The number of nitrogens with one attached hydrogen (secondary N) is 1. The molecule has 0 saturated heterocycles. The largest absolute Gasteiger partial charge is 0.479 e. The highest BCUT2D eigenvalue weighted by Crippen LogP contribution is 2.15. The Morgan fingerprint density at radius 2 is 2.20 bits per heavy atom. The van der Waals surface area contributed by atoms with E-state index >= 15 is 0 Å². The van der Waals surface area contributed by atoms with Crippen LogP contribution in [0.25, 0.3) is 0 Å². The molecule has 0 bridgehead atoms. The molecule has 0 radical (unpaired) electrons. The molecule has 6 nitrogen and oxygen atoms in total. The lowest BCUT2D eigenvalue weighted by atomic mass is 10.1. The SMILES string of the molecule is NC1C=CC(C(=O)NCC(O)C(=O)O)C1. The quantitative estimate of drug-likeness (QED) is 0.423. The number of hydrogen-bond donors (Lipinski definition) is 4. The summed E-state index contributed by atoms with van der Waals surface area (Å²) in [5, 5.41) is 19.6. The first-order valence-corrected chi connectivity index (χ1v) is 4.63. The Bertz CT molecular complexity index is 290. The van der Waals surface area contributed by atoms with Gasteiger partial charge in [-0.2, -0.15) is 0 Å². The molecule has 0 aromatic carbocycles. The minimum Gasteiger partial charge on any atom is -0.479 e. The predicted octanol–water partition coefficient (Wildman–Crippen LogP) is -1.55. The number of aliphatic carboxylic acids is 1. The number of nitrogens with two attached hydrogens (primary N) is 1. The molecule has 0 heterocycles. The van der Waals surface area contributed by atoms with E-state index in [1.54, 1.807) is 12.2 Å². The fourth-order valence-corrected chi connectivity index (χ4v) is 1.34. The Balaban J connectivity index is 2.31. The summed E-state index contributed by atoms with van der Waals surface area (Å²) in [6.07, 6.45) is 2.38. The average molecular weight is 214 g/mol. The smallest absolute Gasteiger partial charge is 0.334 e. The van der Waals surface area contributed by atoms with E-state index in [9.17, 15) is 9.59 Å². The van der Waals surface area contributed by atoms with Crippen molar-refractivity contribution >= 4 is 11.9 Å². The monoisotopic (exact) mass is 214 g/mol. The van der Waals surface area contributed by atoms with Crippen LogP contribution >= 0.6 is 0 Å². The van der Waals surface area contributed by atoms with Gasteiger partial charge in [0.1, 0.15) is 0 Å². The first-order valence-electron chi connectivity index (χ1n) is 4.63. The van der Waals surface area contributed by atoms with E-state index in [1.165, 1.54) is 0 Å². The number of aliphatic hydroxyl groups excluding tert-OH is 1. The zero-order valence-corrected chi connectivity index (χ0v) is 8.09. The Labute approximate surface area is 86.8 Å². The van der Waals surface area contributed by atoms with Crippen molar-refractivity contribution in [3.05, 3.63) is 12.2 Å². The molecule has 15 heavy (non-hydrogen) atoms. The summed E-state index contributed by atoms with van der Waals surface area (Å²) in [5.41, 5.74) is 5.56. The van der Waals surface area contributed by atoms with Gasteiger partial charge in [0, 0.05) is 6.04 Å². The second-order valence-electron chi connectivity index (χ2n) is 3.49. The van der Waals surface area contributed by atoms with E-state index < -0.39 is 12.1 Å². The van der Waals surface area contributed by atoms with Crippen LogP contribution in [-0.4, -0.2) is 40.8 Å². The van der Waals surface area contributed by atoms with Gasteiger partial charge in [-0.25, -0.2) is 4.79 Å². The normalized spacial score (nSPS) is 26.3. The average Bonchev–Trinajstić information content (AvgIpc) is 2.60. The van der Waals surface area contributed by atoms with Gasteiger partial charge in [0.15, 0.2) is 6.10 Å². The van der Waals surface area contributed by atoms with Gasteiger partial charge in [-0.05, 0) is 6.42 Å². The molecule has 0 aliphatic heterocycles. The molecule has 1 rings (SSSR count). The van der Waals surface area contributed by atoms with Gasteiger partial charge in [0.2, 0.25) is 5.91 Å². The van der Waals surface area contributed by atoms with Crippen molar-refractivity contribution < 1.29 is 19.8 Å². The maximum atomic E-state index is 11.4. The van der Waals surface area contributed by atoms with Crippen LogP contribution in [0.5, 0.6) is 0 Å². The molecule has 0 fully saturated rings. The van der Waals surface area contributed by atoms with Crippen molar-refractivity contribution in [3.63, 3.8) is 0 Å². The third kappa shape index (κ3) is 3.34. The standard InChI is InChI=1S/C9H14N2O4/c10-6-2-1-5(3-6)8(13)11-4-7(12)9(14)15/h1-2,5-7,12H,3-4,10H2,(H,11,13)(H,14,15). The second kappa shape index (κ2) is 4.90. The molecule has 3 atom stereocenters. The lowest BCUT2D eigenvalue weighted by Gasteiger charge is -2.11. The molecule has 1 aliphatic rings. The number of carbonyl (C=O) groups is 2. The van der Waals surface area contributed by atoms with Gasteiger partial charge in [0.05, 0.1) is 12.5 Å². The highest BCUT2D eigenvalue weighted by molar-refractivity contribution is 5.82. The molecule has 0 aromatic heterocycles. The predicted molar refractivity (Wildman–Crippen MR) is 51.9 cm³/mol. The number of carboxylic acid groups (broad SMARTS) is 1. The van der Waals surface area contributed by atoms with Crippen LogP contribution in [0.3, 0.4) is 0 Å². The highest BCUT2D eigenvalue weighted by atomic mass is 16.4. The molecule has 6 heteroatoms. The maximum Gasteiger partial charge on any atom is 0.334 e. The van der Waals surface area contributed by atoms with Crippen molar-refractivity contribution in [3.8, 4) is 0 Å². The van der Waals surface area contributed by atoms with E-state index in [2.05, 4.69) is 5.32 Å². The molecular formula is C9H14N2O4. The number of rotatable bonds is 4. The van der Waals surface area contributed by atoms with Crippen molar-refractivity contribution in [2.24, 2.45) is 11.7 Å². The van der Waals surface area contributed by atoms with E-state index in [-0.39, 0.29) is 24.4 Å². The Hall–Kier alpha value is -1.40. The van der Waals surface area contributed by atoms with E-state index in [0.717, 1.165) is 0 Å². The summed E-state index contributed by atoms with van der Waals surface area (Å²) in [6.45, 7) is -0.284. The third-order valence-corrected chi connectivity index (χ3v) is 2.21. The Kier molecular flexibility index (Phi) is 3.81. The van der Waals surface area contributed by atoms with Crippen molar-refractivity contribution in [2.75, 3.05) is 6.54 Å². The number of amides is 1. The van der Waals surface area contributed by atoms with Crippen LogP contribution in [-0.2, 0) is 9.59 Å². The van der Waals surface area contributed by atoms with Gasteiger partial charge >= 0.3 is 5.97 Å². The van der Waals surface area contributed by atoms with Crippen LogP contribution in [0.2, 0.25) is 0 Å². The van der Waals surface area contributed by atoms with E-state index in [1.807, 2.05) is 0 Å². The molecule has 0 aromatic rings. The van der Waals surface area contributed by atoms with Crippen LogP contribution in [0.4, 0.5) is 0 Å². The maximum absolute atomic E-state index is 11.4. The molecule has 3 unspecified atom stereocenters. The Morgan fingerprint density at radius 1 is 1.53 bits per heavy atom. The van der Waals surface area contributed by atoms with Crippen LogP contribution in [0.15, 0.2) is 12.2 Å². The second-order valence-corrected chi connectivity index (χ2v) is 3.49. The summed E-state index contributed by atoms with van der Waals surface area (Å²) in [5.74, 6) is -1.98. The lowest BCUT2D eigenvalue weighted by molar-refractivity contribution is -0.146. The molecule has 1 aliphatic carbocycles. The van der Waals surface area contributed by atoms with Gasteiger partial charge in [-0.15, -0.1) is 0 Å². The van der Waals surface area contributed by atoms with Crippen molar-refractivity contribution in [1.82, 2.24) is 5.32 Å². The molecule has 0 spiro atoms. The van der Waals surface area contributed by atoms with Crippen molar-refractivity contribution in [1.29, 1.82) is 0 Å².